The summed E-state index contributed by atoms with van der Waals surface area (Å²) in [6, 6.07) is 12.0. The lowest BCUT2D eigenvalue weighted by atomic mass is 9.84. The van der Waals surface area contributed by atoms with Crippen molar-refractivity contribution in [2.24, 2.45) is 23.5 Å². The number of aliphatic hydroxyl groups is 6. The number of nitrogens with zero attached hydrogens (tertiary/aromatic N) is 2. The quantitative estimate of drug-likeness (QED) is 0.0262. The van der Waals surface area contributed by atoms with Crippen molar-refractivity contribution in [2.45, 2.75) is 183 Å². The first kappa shape index (κ1) is 95.4. The minimum Gasteiger partial charge on any atom is -0.508 e. The second-order valence-corrected chi connectivity index (χ2v) is 33.8. The molecule has 18 N–H and O–H groups in total. The number of hydrogen-bond acceptors (Lipinski definition) is 29. The van der Waals surface area contributed by atoms with Gasteiger partial charge >= 0.3 is 5.69 Å². The van der Waals surface area contributed by atoms with Crippen LogP contribution in [0, 0.1) is 17.8 Å². The second-order valence-electron chi connectivity index (χ2n) is 32.1. The Labute approximate surface area is 745 Å². The van der Waals surface area contributed by atoms with Gasteiger partial charge in [0, 0.05) is 80.7 Å². The molecular formula is C86H96Cl4N10O27. The van der Waals surface area contributed by atoms with Crippen molar-refractivity contribution >= 4 is 105 Å². The van der Waals surface area contributed by atoms with Crippen LogP contribution in [0.25, 0.3) is 11.1 Å². The molecule has 41 heteroatoms. The Hall–Kier alpha value is -10.7. The SMILES string of the molecule is CC[C@H](CC(C)C)C(=O)N[C@H]1C(=O)C[C@@H](CC(N)=O)C(=O)NC2C(=O)C[C@H]3C(=O)N[C@H](C(=O)N[C@@H](C(=O)NOCCOC)c4cc(O)cc(O)c4-c4cc3ccc4O)[C@H](O)c3ccc(c(Cl)c3)Oc3cc2cc(c3O[C@@H]2O[C@H](CO)[C@@H](O)[C@H](O)[C@H]2O[C@H]2C[C@](C)(NCCn3ccc(NC(=O)Cc4ccc(Cl)c(Cl)c4)nc3=O)[C@H](O)[C@H](C)O2)Oc2ccc(cc2Cl)[C@H]1O. The molecule has 11 bridgehead atoms. The monoisotopic (exact) mass is 1840 g/mol. The van der Waals surface area contributed by atoms with Gasteiger partial charge in [-0.2, -0.15) is 4.98 Å². The maximum Gasteiger partial charge on any atom is 0.349 e. The Bertz CT molecular complexity index is 5400. The predicted octanol–water partition coefficient (Wildman–Crippen LogP) is 5.51. The third-order valence-corrected chi connectivity index (χ3v) is 23.9. The smallest absolute Gasteiger partial charge is 0.349 e. The highest BCUT2D eigenvalue weighted by molar-refractivity contribution is 6.42. The zero-order chi connectivity index (χ0) is 91.9. The number of ether oxygens (including phenoxy) is 7. The van der Waals surface area contributed by atoms with Crippen LogP contribution in [0.3, 0.4) is 0 Å². The van der Waals surface area contributed by atoms with Crippen LogP contribution < -0.4 is 63.0 Å². The molecule has 0 saturated carbocycles. The van der Waals surface area contributed by atoms with Crippen molar-refractivity contribution in [2.75, 3.05) is 38.8 Å². The average Bonchev–Trinajstić information content (AvgIpc) is 0.766. The number of anilines is 1. The number of carbonyl (C=O) groups is 9. The van der Waals surface area contributed by atoms with Gasteiger partial charge in [-0.3, -0.25) is 52.6 Å². The average molecular weight is 1840 g/mol. The molecule has 0 spiro atoms. The number of hydrogen-bond donors (Lipinski definition) is 17. The van der Waals surface area contributed by atoms with Crippen molar-refractivity contribution in [3.8, 4) is 57.1 Å². The third kappa shape index (κ3) is 22.2. The maximum atomic E-state index is 16.5. The summed E-state index contributed by atoms with van der Waals surface area (Å²) in [5.74, 6) is -19.2. The van der Waals surface area contributed by atoms with Crippen molar-refractivity contribution < 1.29 is 127 Å². The summed E-state index contributed by atoms with van der Waals surface area (Å²) in [6.45, 7) is 7.15. The fourth-order valence-corrected chi connectivity index (χ4v) is 16.6. The molecule has 127 heavy (non-hydrogen) atoms. The molecule has 18 atom stereocenters. The Balaban J connectivity index is 0.997. The number of benzene rings is 6. The number of aliphatic hydroxyl groups excluding tert-OH is 6. The first-order valence-corrected chi connectivity index (χ1v) is 42.0. The number of carbonyl (C=O) groups excluding carboxylic acids is 9. The van der Waals surface area contributed by atoms with E-state index in [-0.39, 0.29) is 89.8 Å². The Kier molecular flexibility index (Phi) is 30.9. The van der Waals surface area contributed by atoms with Crippen LogP contribution in [0.1, 0.15) is 137 Å². The number of hydroxylamine groups is 1. The summed E-state index contributed by atoms with van der Waals surface area (Å²) in [7, 11) is 1.34. The number of primary amides is 1. The summed E-state index contributed by atoms with van der Waals surface area (Å²) in [5, 5.41) is 123. The molecule has 2 saturated heterocycles. The summed E-state index contributed by atoms with van der Waals surface area (Å²) in [4.78, 5) is 157. The van der Waals surface area contributed by atoms with E-state index in [1.165, 1.54) is 67.3 Å². The number of phenols is 3. The number of nitrogens with two attached hydrogens (primary N) is 1. The van der Waals surface area contributed by atoms with E-state index < -0.39 is 261 Å². The summed E-state index contributed by atoms with van der Waals surface area (Å²) >= 11 is 26.6. The fraction of sp³-hybridized carbons (Fsp3) is 0.430. The third-order valence-electron chi connectivity index (χ3n) is 22.5. The molecule has 1 unspecified atom stereocenters. The zero-order valence-electron chi connectivity index (χ0n) is 69.1. The number of fused-ring (bicyclic) bond motifs is 15. The van der Waals surface area contributed by atoms with Crippen molar-refractivity contribution in [3.63, 3.8) is 0 Å². The van der Waals surface area contributed by atoms with Crippen molar-refractivity contribution in [1.82, 2.24) is 41.6 Å². The number of rotatable bonds is 24. The van der Waals surface area contributed by atoms with Crippen LogP contribution in [0.15, 0.2) is 114 Å². The molecule has 7 aromatic rings. The molecule has 680 valence electrons. The van der Waals surface area contributed by atoms with Gasteiger partial charge in [-0.15, -0.1) is 0 Å². The van der Waals surface area contributed by atoms with Gasteiger partial charge in [0.25, 0.3) is 5.91 Å². The van der Waals surface area contributed by atoms with Crippen LogP contribution in [0.5, 0.6) is 46.0 Å². The first-order chi connectivity index (χ1) is 60.3. The minimum atomic E-state index is -2.26. The van der Waals surface area contributed by atoms with Crippen LogP contribution in [-0.4, -0.2) is 209 Å². The minimum absolute atomic E-state index is 0.0331. The molecule has 2 fully saturated rings. The van der Waals surface area contributed by atoms with E-state index in [4.69, 9.17) is 90.1 Å². The Morgan fingerprint density at radius 3 is 2.05 bits per heavy atom. The number of aromatic nitrogens is 2. The van der Waals surface area contributed by atoms with Crippen LogP contribution in [-0.2, 0) is 79.9 Å². The molecular weight excluding hydrogens is 1750 g/mol. The summed E-state index contributed by atoms with van der Waals surface area (Å²) in [6.07, 6.45) is -19.6. The van der Waals surface area contributed by atoms with Crippen molar-refractivity contribution in [1.29, 1.82) is 0 Å². The van der Waals surface area contributed by atoms with Gasteiger partial charge in [0.15, 0.2) is 35.5 Å². The van der Waals surface area contributed by atoms with Crippen LogP contribution in [0.4, 0.5) is 5.82 Å². The van der Waals surface area contributed by atoms with Gasteiger partial charge in [-0.25, -0.2) is 10.3 Å². The van der Waals surface area contributed by atoms with E-state index in [1.54, 1.807) is 19.9 Å². The number of nitrogens with one attached hydrogen (secondary N) is 7. The van der Waals surface area contributed by atoms with Gasteiger partial charge in [0.05, 0.1) is 70.4 Å². The molecule has 8 heterocycles. The van der Waals surface area contributed by atoms with Gasteiger partial charge in [0.1, 0.15) is 89.3 Å². The van der Waals surface area contributed by atoms with Gasteiger partial charge < -0.3 is 117 Å². The normalized spacial score (nSPS) is 25.9. The van der Waals surface area contributed by atoms with Gasteiger partial charge in [-0.1, -0.05) is 91.4 Å². The lowest BCUT2D eigenvalue weighted by Crippen LogP contribution is -2.65. The van der Waals surface area contributed by atoms with E-state index in [1.807, 2.05) is 13.8 Å². The van der Waals surface area contributed by atoms with Gasteiger partial charge in [-0.05, 0) is 139 Å². The first-order valence-electron chi connectivity index (χ1n) is 40.5. The van der Waals surface area contributed by atoms with E-state index in [0.29, 0.717) is 17.0 Å². The largest absolute Gasteiger partial charge is 0.508 e. The molecule has 7 aliphatic rings. The van der Waals surface area contributed by atoms with Crippen LogP contribution >= 0.6 is 46.4 Å². The van der Waals surface area contributed by atoms with E-state index in [0.717, 1.165) is 54.6 Å². The maximum absolute atomic E-state index is 16.5. The highest BCUT2D eigenvalue weighted by atomic mass is 35.5. The fourth-order valence-electron chi connectivity index (χ4n) is 15.8. The number of methoxy groups -OCH3 is 1. The number of aromatic hydroxyl groups is 3. The lowest BCUT2D eigenvalue weighted by Gasteiger charge is -2.48. The van der Waals surface area contributed by atoms with Crippen molar-refractivity contribution in [3.05, 3.63) is 173 Å². The van der Waals surface area contributed by atoms with E-state index in [2.05, 4.69) is 42.4 Å². The van der Waals surface area contributed by atoms with E-state index in [9.17, 15) is 69.9 Å². The zero-order valence-corrected chi connectivity index (χ0v) is 72.2. The number of phenolic OH excluding ortho intramolecular Hbond substituents is 3. The predicted molar refractivity (Wildman–Crippen MR) is 452 cm³/mol. The highest BCUT2D eigenvalue weighted by Gasteiger charge is 2.52. The summed E-state index contributed by atoms with van der Waals surface area (Å²) in [5.41, 5.74) is 4.12. The molecule has 37 nitrogen and oxygen atoms in total. The molecule has 7 aliphatic heterocycles. The van der Waals surface area contributed by atoms with E-state index >= 15 is 24.0 Å². The second kappa shape index (κ2) is 41.2. The van der Waals surface area contributed by atoms with Crippen LogP contribution in [0.2, 0.25) is 20.1 Å². The Morgan fingerprint density at radius 2 is 1.41 bits per heavy atom. The number of halogens is 4. The molecule has 7 amide bonds. The Morgan fingerprint density at radius 1 is 0.724 bits per heavy atom. The molecule has 0 radical (unpaired) electrons. The van der Waals surface area contributed by atoms with Gasteiger partial charge in [0.2, 0.25) is 47.5 Å². The number of ketones is 2. The number of amides is 7. The highest BCUT2D eigenvalue weighted by Crippen LogP contribution is 2.51. The molecule has 0 aliphatic carbocycles. The molecule has 6 aromatic carbocycles. The molecule has 1 aromatic heterocycles. The topological polar surface area (TPSA) is 555 Å². The molecule has 14 rings (SSSR count). The summed E-state index contributed by atoms with van der Waals surface area (Å²) < 4.78 is 45.9. The standard InChI is InChI=1S/C86H96Cl4N10O27/c1-7-40(22-37(2)3)79(114)97-70-56(105)28-45(31-63(91)107)80(115)95-68-44-29-60(123-58-14-10-42(72(70)109)26-52(58)89)76(127-84-77(75(112)74(111)62(36-101)125-84)126-66-35-86(5,78(113)38(4)122-66)92-17-19-100-18-16-64(94-85(100)119)93-65(108)24-39-8-12-50(87)51(88)23-39)61(30-44)124-59-15-11-43(27-53(59)90)73(110)71-82(117)96-69(83(118)99-121-21-20-120-6)49-32-46(102)33-55(104)67(49)48-25-41(9-13-54(48)103)47(34-57(68)106)81(116)98-71/h8-16,18,23,25-27,29-30,32-33,37-38,40,45,47,62,66,68-75,77-78,84,92,101-104,109-113H,7,17,19-22,24,28,31,34-36H2,1-6H3,(H2,91,107)(H,95,115)(H,96,117)(H,97,114)(H,98,116)(H,99,118)(H,93,94,108,119)/t38-,40+,45-,47+,62+,66-,68?,69+,70-,71-,72+,73+,74+,75-,77+,78+,84-,86-/m0/s1. The number of Topliss-reactive ketones (excluding diaryl/α,β-unsaturated/α-hetero) is 2. The lowest BCUT2D eigenvalue weighted by molar-refractivity contribution is -0.334.